The van der Waals surface area contributed by atoms with Gasteiger partial charge in [-0.1, -0.05) is 6.92 Å². The zero-order valence-corrected chi connectivity index (χ0v) is 13.4. The van der Waals surface area contributed by atoms with Crippen LogP contribution in [0.25, 0.3) is 0 Å². The molecule has 0 amide bonds. The predicted molar refractivity (Wildman–Crippen MR) is 82.5 cm³/mol. The fraction of sp³-hybridized carbons (Fsp3) is 0.250. The maximum Gasteiger partial charge on any atom is -0.0147 e. The van der Waals surface area contributed by atoms with Crippen molar-refractivity contribution < 1.29 is 0 Å². The Bertz CT molecular complexity index is 316. The minimum absolute atomic E-state index is 1.07. The molecule has 5 heteroatoms. The molecule has 0 aliphatic heterocycles. The molecule has 0 fully saturated rings. The van der Waals surface area contributed by atoms with E-state index < -0.39 is 0 Å². The molecular weight excluding hydrogens is 251 g/mol. The van der Waals surface area contributed by atoms with Crippen molar-refractivity contribution in [2.75, 3.05) is 0 Å². The van der Waals surface area contributed by atoms with Gasteiger partial charge < -0.3 is 0 Å². The summed E-state index contributed by atoms with van der Waals surface area (Å²) in [6.07, 6.45) is 1.07. The highest BCUT2D eigenvalue weighted by atomic mass is 31.0. The van der Waals surface area contributed by atoms with Crippen LogP contribution in [0.15, 0.2) is 0 Å². The third-order valence-corrected chi connectivity index (χ3v) is 6.68. The first-order valence-corrected chi connectivity index (χ1v) is 6.89. The quantitative estimate of drug-likeness (QED) is 0.615. The first kappa shape index (κ1) is 12.4. The van der Waals surface area contributed by atoms with Gasteiger partial charge in [0, 0.05) is 0 Å². The van der Waals surface area contributed by atoms with Gasteiger partial charge in [-0.15, -0.1) is 46.2 Å². The highest BCUT2D eigenvalue weighted by Crippen LogP contribution is 2.05. The summed E-state index contributed by atoms with van der Waals surface area (Å²) in [7, 11) is 14.0. The van der Waals surface area contributed by atoms with Crippen LogP contribution in [-0.4, -0.2) is 0 Å². The maximum absolute atomic E-state index is 2.82. The molecule has 1 rings (SSSR count). The van der Waals surface area contributed by atoms with E-state index in [0.717, 1.165) is 6.42 Å². The predicted octanol–water partition coefficient (Wildman–Crippen LogP) is -0.249. The van der Waals surface area contributed by atoms with E-state index in [1.807, 2.05) is 0 Å². The molecular formula is C8H15P5. The lowest BCUT2D eigenvalue weighted by Crippen LogP contribution is -2.42. The molecule has 0 spiro atoms. The van der Waals surface area contributed by atoms with Crippen LogP contribution < -0.4 is 26.5 Å². The fourth-order valence-corrected chi connectivity index (χ4v) is 3.95. The van der Waals surface area contributed by atoms with Crippen molar-refractivity contribution in [3.05, 3.63) is 5.56 Å². The Labute approximate surface area is 91.8 Å². The van der Waals surface area contributed by atoms with E-state index in [0.29, 0.717) is 0 Å². The van der Waals surface area contributed by atoms with E-state index in [2.05, 4.69) is 53.1 Å². The van der Waals surface area contributed by atoms with Crippen LogP contribution in [0.3, 0.4) is 0 Å². The number of rotatable bonds is 1. The molecule has 0 aromatic heterocycles. The number of benzene rings is 1. The van der Waals surface area contributed by atoms with E-state index >= 15 is 0 Å². The van der Waals surface area contributed by atoms with Crippen LogP contribution >= 0.6 is 46.2 Å². The summed E-state index contributed by atoms with van der Waals surface area (Å²) in [6.45, 7) is 2.19. The second kappa shape index (κ2) is 4.93. The van der Waals surface area contributed by atoms with E-state index in [9.17, 15) is 0 Å². The fourth-order valence-electron chi connectivity index (χ4n) is 1.29. The van der Waals surface area contributed by atoms with Gasteiger partial charge in [-0.25, -0.2) is 0 Å². The summed E-state index contributed by atoms with van der Waals surface area (Å²) in [6, 6.07) is 0. The van der Waals surface area contributed by atoms with Crippen LogP contribution in [0.1, 0.15) is 12.5 Å². The maximum atomic E-state index is 2.82. The lowest BCUT2D eigenvalue weighted by Gasteiger charge is -2.16. The van der Waals surface area contributed by atoms with Crippen molar-refractivity contribution in [1.82, 2.24) is 0 Å². The molecule has 0 bridgehead atoms. The Morgan fingerprint density at radius 3 is 1.31 bits per heavy atom. The number of hydrogen-bond donors (Lipinski definition) is 0. The van der Waals surface area contributed by atoms with Gasteiger partial charge in [0.1, 0.15) is 0 Å². The second-order valence-corrected chi connectivity index (χ2v) is 5.79. The van der Waals surface area contributed by atoms with Crippen molar-refractivity contribution in [2.45, 2.75) is 13.3 Å². The Hall–Kier alpha value is 1.37. The number of hydrogen-bond acceptors (Lipinski definition) is 0. The summed E-state index contributed by atoms with van der Waals surface area (Å²) in [5.41, 5.74) is 1.41. The Morgan fingerprint density at radius 1 is 0.692 bits per heavy atom. The molecule has 13 heavy (non-hydrogen) atoms. The van der Waals surface area contributed by atoms with Crippen molar-refractivity contribution in [2.24, 2.45) is 0 Å². The van der Waals surface area contributed by atoms with Crippen molar-refractivity contribution in [1.29, 1.82) is 0 Å². The molecule has 0 aliphatic rings. The largest absolute Gasteiger partial charge is 0.105 e. The molecule has 0 saturated heterocycles. The van der Waals surface area contributed by atoms with E-state index in [1.165, 1.54) is 32.1 Å². The van der Waals surface area contributed by atoms with Gasteiger partial charge in [0.15, 0.2) is 0 Å². The molecule has 5 unspecified atom stereocenters. The Kier molecular flexibility index (Phi) is 4.72. The molecule has 0 heterocycles. The zero-order chi connectivity index (χ0) is 10.2. The molecule has 0 radical (unpaired) electrons. The van der Waals surface area contributed by atoms with Gasteiger partial charge >= 0.3 is 0 Å². The monoisotopic (exact) mass is 266 g/mol. The van der Waals surface area contributed by atoms with Gasteiger partial charge in [0.05, 0.1) is 0 Å². The normalized spacial score (nSPS) is 10.6. The van der Waals surface area contributed by atoms with Crippen LogP contribution in [0.2, 0.25) is 0 Å². The Morgan fingerprint density at radius 2 is 1.00 bits per heavy atom. The smallest absolute Gasteiger partial charge is 0.0147 e. The van der Waals surface area contributed by atoms with Crippen LogP contribution in [0.5, 0.6) is 0 Å². The minimum Gasteiger partial charge on any atom is -0.105 e. The molecule has 72 valence electrons. The van der Waals surface area contributed by atoms with Gasteiger partial charge in [-0.2, -0.15) is 0 Å². The van der Waals surface area contributed by atoms with E-state index in [-0.39, 0.29) is 0 Å². The highest BCUT2D eigenvalue weighted by molar-refractivity contribution is 7.45. The first-order chi connectivity index (χ1) is 6.00. The molecule has 1 aromatic carbocycles. The van der Waals surface area contributed by atoms with Gasteiger partial charge in [0.25, 0.3) is 0 Å². The van der Waals surface area contributed by atoms with Crippen LogP contribution in [0.4, 0.5) is 0 Å². The average Bonchev–Trinajstić information content (AvgIpc) is 2.13. The lowest BCUT2D eigenvalue weighted by atomic mass is 10.1. The average molecular weight is 266 g/mol. The van der Waals surface area contributed by atoms with Gasteiger partial charge in [0.2, 0.25) is 0 Å². The van der Waals surface area contributed by atoms with Gasteiger partial charge in [-0.3, -0.25) is 0 Å². The van der Waals surface area contributed by atoms with E-state index in [4.69, 9.17) is 0 Å². The third kappa shape index (κ3) is 2.31. The molecule has 0 N–H and O–H groups in total. The van der Waals surface area contributed by atoms with Crippen LogP contribution in [0, 0.1) is 0 Å². The molecule has 1 aromatic rings. The van der Waals surface area contributed by atoms with E-state index in [1.54, 1.807) is 0 Å². The minimum atomic E-state index is 1.07. The van der Waals surface area contributed by atoms with Crippen molar-refractivity contribution >= 4 is 72.7 Å². The second-order valence-electron chi connectivity index (χ2n) is 2.90. The summed E-state index contributed by atoms with van der Waals surface area (Å²) in [5.74, 6) is 0. The lowest BCUT2D eigenvalue weighted by molar-refractivity contribution is 1.17. The van der Waals surface area contributed by atoms with Gasteiger partial charge in [-0.05, 0) is 38.5 Å². The topological polar surface area (TPSA) is 0 Å². The van der Waals surface area contributed by atoms with Crippen LogP contribution in [-0.2, 0) is 6.42 Å². The molecule has 5 atom stereocenters. The molecule has 0 saturated carbocycles. The third-order valence-electron chi connectivity index (χ3n) is 2.16. The summed E-state index contributed by atoms with van der Waals surface area (Å²) >= 11 is 0. The van der Waals surface area contributed by atoms with Crippen molar-refractivity contribution in [3.8, 4) is 0 Å². The summed E-state index contributed by atoms with van der Waals surface area (Å²) < 4.78 is 0. The summed E-state index contributed by atoms with van der Waals surface area (Å²) in [4.78, 5) is 0. The molecule has 0 aliphatic carbocycles. The summed E-state index contributed by atoms with van der Waals surface area (Å²) in [5, 5.41) is 6.45. The molecule has 0 nitrogen and oxygen atoms in total. The Balaban J connectivity index is 3.56. The highest BCUT2D eigenvalue weighted by Gasteiger charge is 2.10. The standard InChI is InChI=1S/C8H15P5/c1-2-3-4(9)6(11)8(13)7(12)5(3)10/h2,9-13H2,1H3. The van der Waals surface area contributed by atoms with Crippen molar-refractivity contribution in [3.63, 3.8) is 0 Å². The SMILES string of the molecule is CCc1c(P)c(P)c(P)c(P)c1P. The first-order valence-electron chi connectivity index (χ1n) is 4.00. The zero-order valence-electron chi connectivity index (χ0n) is 7.59.